The van der Waals surface area contributed by atoms with Crippen molar-refractivity contribution < 1.29 is 4.79 Å². The molecule has 86 valence electrons. The molecule has 0 unspecified atom stereocenters. The standard InChI is InChI=1S/C14H14N2O/c17-14-5-1-4-13-12(14)6-8-16(13)10-11-3-2-7-15-9-11/h2-3,6-9H,1,4-5,10H2. The van der Waals surface area contributed by atoms with Crippen molar-refractivity contribution in [2.24, 2.45) is 0 Å². The van der Waals surface area contributed by atoms with Gasteiger partial charge in [-0.3, -0.25) is 9.78 Å². The van der Waals surface area contributed by atoms with Crippen LogP contribution in [0.2, 0.25) is 0 Å². The monoisotopic (exact) mass is 226 g/mol. The first-order valence-electron chi connectivity index (χ1n) is 5.95. The number of carbonyl (C=O) groups excluding carboxylic acids is 1. The highest BCUT2D eigenvalue weighted by Gasteiger charge is 2.20. The van der Waals surface area contributed by atoms with Gasteiger partial charge in [-0.25, -0.2) is 0 Å². The Morgan fingerprint density at radius 3 is 3.06 bits per heavy atom. The molecule has 0 amide bonds. The molecule has 3 nitrogen and oxygen atoms in total. The van der Waals surface area contributed by atoms with Gasteiger partial charge in [-0.2, -0.15) is 0 Å². The molecule has 0 spiro atoms. The summed E-state index contributed by atoms with van der Waals surface area (Å²) in [6.07, 6.45) is 8.34. The van der Waals surface area contributed by atoms with E-state index < -0.39 is 0 Å². The molecule has 1 aliphatic rings. The molecule has 3 rings (SSSR count). The van der Waals surface area contributed by atoms with Crippen LogP contribution in [0, 0.1) is 0 Å². The van der Waals surface area contributed by atoms with Gasteiger partial charge in [0.15, 0.2) is 5.78 Å². The fourth-order valence-electron chi connectivity index (χ4n) is 2.43. The molecule has 1 aliphatic carbocycles. The third-order valence-electron chi connectivity index (χ3n) is 3.27. The highest BCUT2D eigenvalue weighted by Crippen LogP contribution is 2.22. The van der Waals surface area contributed by atoms with E-state index in [4.69, 9.17) is 0 Å². The predicted octanol–water partition coefficient (Wildman–Crippen LogP) is 2.45. The molecule has 0 aliphatic heterocycles. The minimum atomic E-state index is 0.288. The lowest BCUT2D eigenvalue weighted by atomic mass is 9.97. The van der Waals surface area contributed by atoms with E-state index in [0.717, 1.165) is 24.9 Å². The van der Waals surface area contributed by atoms with Crippen LogP contribution in [0.1, 0.15) is 34.5 Å². The summed E-state index contributed by atoms with van der Waals surface area (Å²) in [6.45, 7) is 0.802. The third-order valence-corrected chi connectivity index (χ3v) is 3.27. The highest BCUT2D eigenvalue weighted by atomic mass is 16.1. The second-order valence-electron chi connectivity index (χ2n) is 4.44. The van der Waals surface area contributed by atoms with Crippen molar-refractivity contribution in [3.8, 4) is 0 Å². The number of fused-ring (bicyclic) bond motifs is 1. The van der Waals surface area contributed by atoms with Gasteiger partial charge in [0, 0.05) is 42.8 Å². The van der Waals surface area contributed by atoms with Crippen LogP contribution in [0.5, 0.6) is 0 Å². The normalized spacial score (nSPS) is 14.7. The Balaban J connectivity index is 1.92. The van der Waals surface area contributed by atoms with Crippen LogP contribution < -0.4 is 0 Å². The molecular formula is C14H14N2O. The molecule has 0 saturated heterocycles. The van der Waals surface area contributed by atoms with Crippen LogP contribution in [0.15, 0.2) is 36.8 Å². The molecule has 0 bridgehead atoms. The fraction of sp³-hybridized carbons (Fsp3) is 0.286. The Labute approximate surface area is 100 Å². The minimum Gasteiger partial charge on any atom is -0.346 e. The number of aromatic nitrogens is 2. The zero-order chi connectivity index (χ0) is 11.7. The van der Waals surface area contributed by atoms with Crippen LogP contribution in [0.4, 0.5) is 0 Å². The van der Waals surface area contributed by atoms with Crippen molar-refractivity contribution in [3.05, 3.63) is 53.6 Å². The number of Topliss-reactive ketones (excluding diaryl/α,β-unsaturated/α-hetero) is 1. The van der Waals surface area contributed by atoms with Gasteiger partial charge in [0.05, 0.1) is 0 Å². The number of pyridine rings is 1. The summed E-state index contributed by atoms with van der Waals surface area (Å²) in [6, 6.07) is 5.95. The number of hydrogen-bond acceptors (Lipinski definition) is 2. The van der Waals surface area contributed by atoms with Gasteiger partial charge in [-0.15, -0.1) is 0 Å². The summed E-state index contributed by atoms with van der Waals surface area (Å²) in [4.78, 5) is 15.8. The number of hydrogen-bond donors (Lipinski definition) is 0. The summed E-state index contributed by atoms with van der Waals surface area (Å²) < 4.78 is 2.17. The summed E-state index contributed by atoms with van der Waals surface area (Å²) in [7, 11) is 0. The minimum absolute atomic E-state index is 0.288. The van der Waals surface area contributed by atoms with Gasteiger partial charge in [-0.1, -0.05) is 6.07 Å². The zero-order valence-corrected chi connectivity index (χ0v) is 9.60. The molecule has 2 aromatic heterocycles. The second-order valence-corrected chi connectivity index (χ2v) is 4.44. The zero-order valence-electron chi connectivity index (χ0n) is 9.60. The van der Waals surface area contributed by atoms with Gasteiger partial charge in [0.1, 0.15) is 0 Å². The van der Waals surface area contributed by atoms with Crippen molar-refractivity contribution in [1.29, 1.82) is 0 Å². The van der Waals surface area contributed by atoms with E-state index in [1.165, 1.54) is 11.3 Å². The van der Waals surface area contributed by atoms with E-state index in [9.17, 15) is 4.79 Å². The van der Waals surface area contributed by atoms with Crippen LogP contribution in [0.3, 0.4) is 0 Å². The maximum atomic E-state index is 11.7. The maximum absolute atomic E-state index is 11.7. The topological polar surface area (TPSA) is 34.9 Å². The maximum Gasteiger partial charge on any atom is 0.164 e. The second kappa shape index (κ2) is 4.17. The number of carbonyl (C=O) groups is 1. The SMILES string of the molecule is O=C1CCCc2c1ccn2Cc1cccnc1. The molecule has 3 heteroatoms. The van der Waals surface area contributed by atoms with Crippen LogP contribution in [0.25, 0.3) is 0 Å². The summed E-state index contributed by atoms with van der Waals surface area (Å²) in [5.74, 6) is 0.288. The molecule has 0 radical (unpaired) electrons. The Hall–Kier alpha value is -1.90. The molecule has 2 heterocycles. The van der Waals surface area contributed by atoms with E-state index >= 15 is 0 Å². The van der Waals surface area contributed by atoms with Gasteiger partial charge < -0.3 is 4.57 Å². The Kier molecular flexibility index (Phi) is 2.52. The summed E-state index contributed by atoms with van der Waals surface area (Å²) in [5.41, 5.74) is 3.27. The quantitative estimate of drug-likeness (QED) is 0.788. The largest absolute Gasteiger partial charge is 0.346 e. The lowest BCUT2D eigenvalue weighted by Gasteiger charge is -2.14. The smallest absolute Gasteiger partial charge is 0.164 e. The first kappa shape index (κ1) is 10.3. The molecule has 0 saturated carbocycles. The van der Waals surface area contributed by atoms with Gasteiger partial charge in [0.2, 0.25) is 0 Å². The first-order valence-corrected chi connectivity index (χ1v) is 5.95. The van der Waals surface area contributed by atoms with Crippen LogP contribution >= 0.6 is 0 Å². The molecule has 0 N–H and O–H groups in total. The third kappa shape index (κ3) is 1.88. The van der Waals surface area contributed by atoms with Crippen LogP contribution in [-0.4, -0.2) is 15.3 Å². The lowest BCUT2D eigenvalue weighted by Crippen LogP contribution is -2.13. The average molecular weight is 226 g/mol. The average Bonchev–Trinajstić information content (AvgIpc) is 2.76. The fourth-order valence-corrected chi connectivity index (χ4v) is 2.43. The molecular weight excluding hydrogens is 212 g/mol. The molecule has 0 fully saturated rings. The number of nitrogens with zero attached hydrogens (tertiary/aromatic N) is 2. The number of ketones is 1. The molecule has 17 heavy (non-hydrogen) atoms. The van der Waals surface area contributed by atoms with Crippen molar-refractivity contribution in [2.45, 2.75) is 25.8 Å². The number of rotatable bonds is 2. The molecule has 0 atom stereocenters. The first-order chi connectivity index (χ1) is 8.34. The predicted molar refractivity (Wildman–Crippen MR) is 65.0 cm³/mol. The highest BCUT2D eigenvalue weighted by molar-refractivity contribution is 5.98. The van der Waals surface area contributed by atoms with Crippen molar-refractivity contribution in [2.75, 3.05) is 0 Å². The summed E-state index contributed by atoms with van der Waals surface area (Å²) in [5, 5.41) is 0. The van der Waals surface area contributed by atoms with E-state index in [1.807, 2.05) is 24.5 Å². The van der Waals surface area contributed by atoms with Gasteiger partial charge in [0.25, 0.3) is 0 Å². The van der Waals surface area contributed by atoms with E-state index in [-0.39, 0.29) is 5.78 Å². The molecule has 2 aromatic rings. The van der Waals surface area contributed by atoms with Gasteiger partial charge in [-0.05, 0) is 30.5 Å². The molecule has 0 aromatic carbocycles. The Morgan fingerprint density at radius 1 is 1.29 bits per heavy atom. The van der Waals surface area contributed by atoms with E-state index in [0.29, 0.717) is 6.42 Å². The summed E-state index contributed by atoms with van der Waals surface area (Å²) >= 11 is 0. The lowest BCUT2D eigenvalue weighted by molar-refractivity contribution is 0.0972. The van der Waals surface area contributed by atoms with E-state index in [2.05, 4.69) is 15.6 Å². The Bertz CT molecular complexity index is 543. The van der Waals surface area contributed by atoms with Crippen molar-refractivity contribution in [1.82, 2.24) is 9.55 Å². The van der Waals surface area contributed by atoms with Crippen molar-refractivity contribution >= 4 is 5.78 Å². The Morgan fingerprint density at radius 2 is 2.24 bits per heavy atom. The van der Waals surface area contributed by atoms with Gasteiger partial charge >= 0.3 is 0 Å². The van der Waals surface area contributed by atoms with E-state index in [1.54, 1.807) is 6.20 Å². The van der Waals surface area contributed by atoms with Crippen LogP contribution in [-0.2, 0) is 13.0 Å². The van der Waals surface area contributed by atoms with Crippen molar-refractivity contribution in [3.63, 3.8) is 0 Å².